The maximum absolute atomic E-state index is 6.50. The summed E-state index contributed by atoms with van der Waals surface area (Å²) in [5, 5.41) is 4.86. The van der Waals surface area contributed by atoms with Crippen LogP contribution in [-0.2, 0) is 10.8 Å². The predicted octanol–water partition coefficient (Wildman–Crippen LogP) is 16.8. The molecule has 0 amide bonds. The third-order valence-corrected chi connectivity index (χ3v) is 16.2. The number of aryl methyl sites for hydroxylation is 4. The summed E-state index contributed by atoms with van der Waals surface area (Å²) in [7, 11) is 0. The summed E-state index contributed by atoms with van der Waals surface area (Å²) >= 11 is 1.93. The maximum Gasteiger partial charge on any atom is 0.254 e. The molecule has 10 aromatic rings. The zero-order valence-electron chi connectivity index (χ0n) is 42.0. The fraction of sp³-hybridized carbons (Fsp3) is 0.238. The predicted molar refractivity (Wildman–Crippen MR) is 297 cm³/mol. The fourth-order valence-electron chi connectivity index (χ4n) is 11.5. The van der Waals surface area contributed by atoms with Crippen LogP contribution in [0.4, 0.5) is 33.4 Å². The number of anilines is 6. The lowest BCUT2D eigenvalue weighted by Gasteiger charge is -2.45. The van der Waals surface area contributed by atoms with E-state index in [1.54, 1.807) is 0 Å². The molecule has 4 nitrogen and oxygen atoms in total. The highest BCUT2D eigenvalue weighted by atomic mass is 32.1. The Balaban J connectivity index is 1.19. The van der Waals surface area contributed by atoms with Gasteiger partial charge in [0.15, 0.2) is 0 Å². The molecule has 69 heavy (non-hydrogen) atoms. The van der Waals surface area contributed by atoms with E-state index >= 15 is 0 Å². The first kappa shape index (κ1) is 43.5. The van der Waals surface area contributed by atoms with Crippen LogP contribution in [-0.4, -0.2) is 6.71 Å². The molecule has 2 aliphatic rings. The Labute approximate surface area is 411 Å². The highest BCUT2D eigenvalue weighted by Crippen LogP contribution is 2.52. The van der Waals surface area contributed by atoms with Gasteiger partial charge >= 0.3 is 0 Å². The molecule has 0 bridgehead atoms. The van der Waals surface area contributed by atoms with Gasteiger partial charge in [-0.15, -0.1) is 11.3 Å². The van der Waals surface area contributed by atoms with Gasteiger partial charge in [0.1, 0.15) is 16.9 Å². The van der Waals surface area contributed by atoms with Crippen molar-refractivity contribution >= 4 is 99.9 Å². The minimum atomic E-state index is -0.0299. The standard InChI is InChI=1S/C63H59BN2O2S/c1-35(2)42-30-51-58-52(31-42)66(60-36(3)25-43(26-37(60)4)55-32-41-17-13-15-19-53(41)68-55)61-57(47-33-44(62(7,8)9)22-24-56(47)69-61)64(58)49-23-21-40(48-34-67-54-20-16-14-18-46(48)54)29-50(49)65(51)59-38(5)27-45(28-39(59)6)63(10,11)12/h13-35H,1-12H3. The Morgan fingerprint density at radius 3 is 1.87 bits per heavy atom. The molecule has 5 heterocycles. The summed E-state index contributed by atoms with van der Waals surface area (Å²) in [6, 6.07) is 48.0. The van der Waals surface area contributed by atoms with Crippen LogP contribution in [0.2, 0.25) is 0 Å². The second-order valence-corrected chi connectivity index (χ2v) is 23.3. The first-order valence-corrected chi connectivity index (χ1v) is 25.4. The van der Waals surface area contributed by atoms with Crippen molar-refractivity contribution < 1.29 is 8.83 Å². The number of benzene rings is 7. The topological polar surface area (TPSA) is 32.8 Å². The van der Waals surface area contributed by atoms with Crippen LogP contribution in [0.3, 0.4) is 0 Å². The fourth-order valence-corrected chi connectivity index (χ4v) is 12.7. The van der Waals surface area contributed by atoms with E-state index in [4.69, 9.17) is 8.83 Å². The molecule has 0 N–H and O–H groups in total. The van der Waals surface area contributed by atoms with E-state index in [2.05, 4.69) is 214 Å². The van der Waals surface area contributed by atoms with Crippen LogP contribution in [0, 0.1) is 27.7 Å². The molecule has 0 atom stereocenters. The number of nitrogens with zero attached hydrogens (tertiary/aromatic N) is 2. The van der Waals surface area contributed by atoms with Gasteiger partial charge in [0.05, 0.1) is 22.6 Å². The van der Waals surface area contributed by atoms with Crippen LogP contribution in [0.5, 0.6) is 0 Å². The van der Waals surface area contributed by atoms with Crippen LogP contribution in [0.15, 0.2) is 142 Å². The minimum absolute atomic E-state index is 0.00365. The van der Waals surface area contributed by atoms with Crippen LogP contribution < -0.4 is 26.2 Å². The van der Waals surface area contributed by atoms with E-state index in [0.29, 0.717) is 0 Å². The smallest absolute Gasteiger partial charge is 0.254 e. The number of hydrogen-bond acceptors (Lipinski definition) is 5. The monoisotopic (exact) mass is 918 g/mol. The average molecular weight is 919 g/mol. The molecular formula is C63H59BN2O2S. The molecule has 342 valence electrons. The minimum Gasteiger partial charge on any atom is -0.464 e. The molecule has 0 radical (unpaired) electrons. The van der Waals surface area contributed by atoms with Crippen LogP contribution >= 0.6 is 11.3 Å². The van der Waals surface area contributed by atoms with Gasteiger partial charge in [0.25, 0.3) is 6.71 Å². The van der Waals surface area contributed by atoms with Crippen LogP contribution in [0.25, 0.3) is 54.5 Å². The summed E-state index contributed by atoms with van der Waals surface area (Å²) in [4.78, 5) is 5.30. The maximum atomic E-state index is 6.50. The Morgan fingerprint density at radius 2 is 1.19 bits per heavy atom. The molecule has 0 spiro atoms. The molecule has 0 saturated carbocycles. The molecule has 0 unspecified atom stereocenters. The Hall–Kier alpha value is -6.76. The number of para-hydroxylation sites is 2. The van der Waals surface area contributed by atoms with Gasteiger partial charge in [-0.2, -0.15) is 0 Å². The summed E-state index contributed by atoms with van der Waals surface area (Å²) in [5.41, 5.74) is 24.3. The van der Waals surface area contributed by atoms with Crippen molar-refractivity contribution in [2.75, 3.05) is 9.80 Å². The largest absolute Gasteiger partial charge is 0.464 e. The number of fused-ring (bicyclic) bond motifs is 8. The Bertz CT molecular complexity index is 3680. The van der Waals surface area contributed by atoms with Crippen molar-refractivity contribution in [2.45, 2.75) is 99.8 Å². The normalized spacial score (nSPS) is 13.6. The number of furan rings is 2. The number of thiophene rings is 1. The van der Waals surface area contributed by atoms with Gasteiger partial charge in [0, 0.05) is 43.7 Å². The average Bonchev–Trinajstić information content (AvgIpc) is 4.04. The molecule has 3 aromatic heterocycles. The van der Waals surface area contributed by atoms with Crippen molar-refractivity contribution in [3.05, 3.63) is 173 Å². The zero-order valence-corrected chi connectivity index (χ0v) is 42.8. The number of rotatable bonds is 5. The lowest BCUT2D eigenvalue weighted by Crippen LogP contribution is -2.61. The Morgan fingerprint density at radius 1 is 0.551 bits per heavy atom. The molecule has 0 saturated heterocycles. The molecule has 0 aliphatic carbocycles. The van der Waals surface area contributed by atoms with Crippen molar-refractivity contribution in [1.29, 1.82) is 0 Å². The van der Waals surface area contributed by atoms with E-state index in [1.807, 2.05) is 23.7 Å². The highest BCUT2D eigenvalue weighted by molar-refractivity contribution is 7.26. The second-order valence-electron chi connectivity index (χ2n) is 22.2. The molecule has 12 rings (SSSR count). The van der Waals surface area contributed by atoms with Gasteiger partial charge in [-0.25, -0.2) is 0 Å². The first-order chi connectivity index (χ1) is 32.9. The molecule has 7 aromatic carbocycles. The van der Waals surface area contributed by atoms with Crippen molar-refractivity contribution in [2.24, 2.45) is 0 Å². The number of hydrogen-bond donors (Lipinski definition) is 0. The van der Waals surface area contributed by atoms with Crippen molar-refractivity contribution in [3.63, 3.8) is 0 Å². The summed E-state index contributed by atoms with van der Waals surface area (Å²) in [6.07, 6.45) is 1.94. The quantitative estimate of drug-likeness (QED) is 0.161. The van der Waals surface area contributed by atoms with Gasteiger partial charge in [-0.1, -0.05) is 128 Å². The SMILES string of the molecule is Cc1cc(C(C)(C)C)cc(C)c1N1c2cc(-c3coc4ccccc34)ccc2B2c3c1cc(C(C)C)cc3N(c1c(C)cc(-c3cc4ccccc4o3)cc1C)c1sc3ccc(C(C)(C)C)cc3c12. The lowest BCUT2D eigenvalue weighted by atomic mass is 9.33. The van der Waals surface area contributed by atoms with Gasteiger partial charge in [0.2, 0.25) is 0 Å². The second kappa shape index (κ2) is 15.4. The first-order valence-electron chi connectivity index (χ1n) is 24.6. The molecule has 0 fully saturated rings. The van der Waals surface area contributed by atoms with Crippen molar-refractivity contribution in [1.82, 2.24) is 0 Å². The van der Waals surface area contributed by atoms with E-state index < -0.39 is 0 Å². The van der Waals surface area contributed by atoms with E-state index in [-0.39, 0.29) is 23.5 Å². The van der Waals surface area contributed by atoms with Crippen molar-refractivity contribution in [3.8, 4) is 22.5 Å². The van der Waals surface area contributed by atoms with E-state index in [9.17, 15) is 0 Å². The Kier molecular flexibility index (Phi) is 9.70. The molecule has 6 heteroatoms. The third-order valence-electron chi connectivity index (χ3n) is 15.0. The third kappa shape index (κ3) is 6.77. The van der Waals surface area contributed by atoms with Gasteiger partial charge in [-0.3, -0.25) is 0 Å². The molecule has 2 aliphatic heterocycles. The van der Waals surface area contributed by atoms with E-state index in [1.165, 1.54) is 98.9 Å². The summed E-state index contributed by atoms with van der Waals surface area (Å²) in [5.74, 6) is 1.17. The highest BCUT2D eigenvalue weighted by Gasteiger charge is 2.47. The summed E-state index contributed by atoms with van der Waals surface area (Å²) < 4.78 is 14.0. The van der Waals surface area contributed by atoms with E-state index in [0.717, 1.165) is 44.4 Å². The molecular weight excluding hydrogens is 860 g/mol. The van der Waals surface area contributed by atoms with Crippen LogP contribution in [0.1, 0.15) is 100 Å². The van der Waals surface area contributed by atoms with Gasteiger partial charge in [-0.05, 0) is 165 Å². The summed E-state index contributed by atoms with van der Waals surface area (Å²) in [6.45, 7) is 27.8. The lowest BCUT2D eigenvalue weighted by molar-refractivity contribution is 0.589. The van der Waals surface area contributed by atoms with Gasteiger partial charge < -0.3 is 18.6 Å². The zero-order chi connectivity index (χ0) is 48.0.